The summed E-state index contributed by atoms with van der Waals surface area (Å²) < 4.78 is 5.13. The van der Waals surface area contributed by atoms with Crippen LogP contribution in [0, 0.1) is 21.4 Å². The van der Waals surface area contributed by atoms with Crippen LogP contribution in [0.2, 0.25) is 0 Å². The Labute approximate surface area is 128 Å². The Morgan fingerprint density at radius 2 is 2.14 bits per heavy atom. The van der Waals surface area contributed by atoms with Crippen molar-refractivity contribution >= 4 is 17.3 Å². The van der Waals surface area contributed by atoms with Crippen molar-refractivity contribution < 1.29 is 14.5 Å². The van der Waals surface area contributed by atoms with Crippen molar-refractivity contribution in [2.75, 3.05) is 24.6 Å². The van der Waals surface area contributed by atoms with E-state index in [-0.39, 0.29) is 17.9 Å². The first-order valence-electron chi connectivity index (χ1n) is 7.21. The van der Waals surface area contributed by atoms with Gasteiger partial charge in [0.25, 0.3) is 5.69 Å². The quantitative estimate of drug-likeness (QED) is 0.347. The smallest absolute Gasteiger partial charge is 0.340 e. The number of nitro groups is 1. The number of hydrogen-bond acceptors (Lipinski definition) is 6. The number of nitrogens with zero attached hydrogens (tertiary/aromatic N) is 3. The van der Waals surface area contributed by atoms with Gasteiger partial charge in [-0.3, -0.25) is 10.1 Å². The topological polar surface area (TPSA) is 96.5 Å². The Bertz CT molecular complexity index is 603. The SMILES string of the molecule is N#CCCCOC(=O)c1cc([N+](=O)[O-])ccc1N1CCCC1. The van der Waals surface area contributed by atoms with Gasteiger partial charge in [-0.1, -0.05) is 0 Å². The molecule has 2 rings (SSSR count). The zero-order chi connectivity index (χ0) is 15.9. The predicted molar refractivity (Wildman–Crippen MR) is 79.7 cm³/mol. The molecule has 7 nitrogen and oxygen atoms in total. The zero-order valence-corrected chi connectivity index (χ0v) is 12.2. The number of hydrogen-bond donors (Lipinski definition) is 0. The number of nitriles is 1. The third-order valence-electron chi connectivity index (χ3n) is 3.52. The minimum atomic E-state index is -0.580. The second-order valence-corrected chi connectivity index (χ2v) is 5.05. The van der Waals surface area contributed by atoms with E-state index in [9.17, 15) is 14.9 Å². The van der Waals surface area contributed by atoms with Crippen molar-refractivity contribution in [2.24, 2.45) is 0 Å². The second kappa shape index (κ2) is 7.41. The van der Waals surface area contributed by atoms with Gasteiger partial charge < -0.3 is 9.64 Å². The summed E-state index contributed by atoms with van der Waals surface area (Å²) in [5.74, 6) is -0.580. The number of nitro benzene ring substituents is 1. The van der Waals surface area contributed by atoms with E-state index in [2.05, 4.69) is 0 Å². The fourth-order valence-corrected chi connectivity index (χ4v) is 2.43. The Balaban J connectivity index is 2.21. The number of carbonyl (C=O) groups is 1. The lowest BCUT2D eigenvalue weighted by atomic mass is 10.1. The van der Waals surface area contributed by atoms with Crippen LogP contribution in [0.5, 0.6) is 0 Å². The molecule has 0 saturated carbocycles. The lowest BCUT2D eigenvalue weighted by Crippen LogP contribution is -2.21. The lowest BCUT2D eigenvalue weighted by Gasteiger charge is -2.20. The van der Waals surface area contributed by atoms with Crippen molar-refractivity contribution in [2.45, 2.75) is 25.7 Å². The molecule has 1 aromatic carbocycles. The summed E-state index contributed by atoms with van der Waals surface area (Å²) in [6.45, 7) is 1.79. The highest BCUT2D eigenvalue weighted by atomic mass is 16.6. The molecular formula is C15H17N3O4. The summed E-state index contributed by atoms with van der Waals surface area (Å²) in [5.41, 5.74) is 0.758. The van der Waals surface area contributed by atoms with Gasteiger partial charge in [0.1, 0.15) is 0 Å². The van der Waals surface area contributed by atoms with Crippen LogP contribution in [0.25, 0.3) is 0 Å². The number of non-ortho nitro benzene ring substituents is 1. The van der Waals surface area contributed by atoms with Gasteiger partial charge in [-0.25, -0.2) is 4.79 Å². The van der Waals surface area contributed by atoms with Gasteiger partial charge in [-0.2, -0.15) is 5.26 Å². The molecule has 0 bridgehead atoms. The van der Waals surface area contributed by atoms with Crippen molar-refractivity contribution in [1.29, 1.82) is 5.26 Å². The summed E-state index contributed by atoms with van der Waals surface area (Å²) in [6.07, 6.45) is 2.83. The van der Waals surface area contributed by atoms with Crippen LogP contribution in [0.15, 0.2) is 18.2 Å². The zero-order valence-electron chi connectivity index (χ0n) is 12.2. The minimum Gasteiger partial charge on any atom is -0.462 e. The first kappa shape index (κ1) is 15.8. The van der Waals surface area contributed by atoms with Crippen molar-refractivity contribution in [3.8, 4) is 6.07 Å². The highest BCUT2D eigenvalue weighted by Gasteiger charge is 2.23. The Morgan fingerprint density at radius 3 is 2.77 bits per heavy atom. The maximum atomic E-state index is 12.2. The Morgan fingerprint density at radius 1 is 1.41 bits per heavy atom. The van der Waals surface area contributed by atoms with E-state index in [1.807, 2.05) is 11.0 Å². The third-order valence-corrected chi connectivity index (χ3v) is 3.52. The van der Waals surface area contributed by atoms with E-state index in [4.69, 9.17) is 10.00 Å². The number of benzene rings is 1. The Kier molecular flexibility index (Phi) is 5.31. The summed E-state index contributed by atoms with van der Waals surface area (Å²) in [6, 6.07) is 6.25. The maximum Gasteiger partial charge on any atom is 0.340 e. The van der Waals surface area contributed by atoms with E-state index >= 15 is 0 Å². The minimum absolute atomic E-state index is 0.132. The van der Waals surface area contributed by atoms with Gasteiger partial charge in [0.05, 0.1) is 28.9 Å². The van der Waals surface area contributed by atoms with E-state index < -0.39 is 10.9 Å². The van der Waals surface area contributed by atoms with E-state index in [0.29, 0.717) is 18.5 Å². The molecule has 1 fully saturated rings. The molecule has 0 aromatic heterocycles. The van der Waals surface area contributed by atoms with Crippen LogP contribution in [0.3, 0.4) is 0 Å². The molecule has 0 aliphatic carbocycles. The number of esters is 1. The molecule has 0 atom stereocenters. The molecule has 0 radical (unpaired) electrons. The summed E-state index contributed by atoms with van der Waals surface area (Å²) in [4.78, 5) is 24.6. The van der Waals surface area contributed by atoms with Crippen molar-refractivity contribution in [3.05, 3.63) is 33.9 Å². The number of carbonyl (C=O) groups excluding carboxylic acids is 1. The van der Waals surface area contributed by atoms with Crippen LogP contribution in [0.1, 0.15) is 36.0 Å². The fourth-order valence-electron chi connectivity index (χ4n) is 2.43. The molecule has 1 aliphatic heterocycles. The Hall–Kier alpha value is -2.62. The maximum absolute atomic E-state index is 12.2. The molecule has 0 unspecified atom stereocenters. The van der Waals surface area contributed by atoms with Crippen LogP contribution in [0.4, 0.5) is 11.4 Å². The fraction of sp³-hybridized carbons (Fsp3) is 0.467. The molecule has 1 saturated heterocycles. The molecule has 1 heterocycles. The van der Waals surface area contributed by atoms with Gasteiger partial charge in [-0.15, -0.1) is 0 Å². The average molecular weight is 303 g/mol. The molecule has 0 spiro atoms. The van der Waals surface area contributed by atoms with E-state index in [1.165, 1.54) is 12.1 Å². The molecule has 116 valence electrons. The standard InChI is InChI=1S/C15H17N3O4/c16-7-1-4-10-22-15(19)13-11-12(18(20)21)5-6-14(13)17-8-2-3-9-17/h5-6,11H,1-4,8-10H2. The van der Waals surface area contributed by atoms with Crippen molar-refractivity contribution in [1.82, 2.24) is 0 Å². The van der Waals surface area contributed by atoms with Crippen molar-refractivity contribution in [3.63, 3.8) is 0 Å². The van der Waals surface area contributed by atoms with Crippen LogP contribution in [-0.2, 0) is 4.74 Å². The van der Waals surface area contributed by atoms with Gasteiger partial charge in [0.15, 0.2) is 0 Å². The largest absolute Gasteiger partial charge is 0.462 e. The highest BCUT2D eigenvalue weighted by Crippen LogP contribution is 2.29. The lowest BCUT2D eigenvalue weighted by molar-refractivity contribution is -0.384. The number of rotatable bonds is 6. The first-order chi connectivity index (χ1) is 10.6. The molecule has 1 aliphatic rings. The molecule has 0 N–H and O–H groups in total. The molecule has 22 heavy (non-hydrogen) atoms. The van der Waals surface area contributed by atoms with Crippen LogP contribution < -0.4 is 4.90 Å². The number of ether oxygens (including phenoxy) is 1. The molecular weight excluding hydrogens is 286 g/mol. The van der Waals surface area contributed by atoms with Gasteiger partial charge >= 0.3 is 5.97 Å². The van der Waals surface area contributed by atoms with Crippen LogP contribution in [-0.4, -0.2) is 30.6 Å². The highest BCUT2D eigenvalue weighted by molar-refractivity contribution is 5.96. The van der Waals surface area contributed by atoms with Gasteiger partial charge in [0, 0.05) is 31.6 Å². The van der Waals surface area contributed by atoms with Gasteiger partial charge in [0.2, 0.25) is 0 Å². The first-order valence-corrected chi connectivity index (χ1v) is 7.21. The molecule has 0 amide bonds. The van der Waals surface area contributed by atoms with Crippen LogP contribution >= 0.6 is 0 Å². The van der Waals surface area contributed by atoms with E-state index in [1.54, 1.807) is 6.07 Å². The average Bonchev–Trinajstić information content (AvgIpc) is 3.05. The van der Waals surface area contributed by atoms with E-state index in [0.717, 1.165) is 25.9 Å². The normalized spacial score (nSPS) is 13.7. The molecule has 7 heteroatoms. The predicted octanol–water partition coefficient (Wildman–Crippen LogP) is 2.66. The summed E-state index contributed by atoms with van der Waals surface area (Å²) in [7, 11) is 0. The number of anilines is 1. The monoisotopic (exact) mass is 303 g/mol. The second-order valence-electron chi connectivity index (χ2n) is 5.05. The molecule has 1 aromatic rings. The van der Waals surface area contributed by atoms with Gasteiger partial charge in [-0.05, 0) is 25.3 Å². The number of unbranched alkanes of at least 4 members (excludes halogenated alkanes) is 1. The summed E-state index contributed by atoms with van der Waals surface area (Å²) >= 11 is 0. The third kappa shape index (κ3) is 3.73. The summed E-state index contributed by atoms with van der Waals surface area (Å²) in [5, 5.41) is 19.4.